The van der Waals surface area contributed by atoms with Crippen LogP contribution in [0, 0.1) is 10.1 Å². The summed E-state index contributed by atoms with van der Waals surface area (Å²) in [5.74, 6) is 1.42. The van der Waals surface area contributed by atoms with Crippen molar-refractivity contribution in [3.05, 3.63) is 94.5 Å². The van der Waals surface area contributed by atoms with Crippen LogP contribution < -0.4 is 9.47 Å². The summed E-state index contributed by atoms with van der Waals surface area (Å²) in [6.07, 6.45) is 0. The molecule has 0 aromatic heterocycles. The largest absolute Gasteiger partial charge is 0.489 e. The van der Waals surface area contributed by atoms with Crippen LogP contribution in [0.2, 0.25) is 0 Å². The molecule has 0 aliphatic carbocycles. The molecule has 5 nitrogen and oxygen atoms in total. The Hall–Kier alpha value is -3.34. The zero-order valence-corrected chi connectivity index (χ0v) is 18.8. The lowest BCUT2D eigenvalue weighted by molar-refractivity contribution is -0.385. The third-order valence-corrected chi connectivity index (χ3v) is 3.36. The van der Waals surface area contributed by atoms with Crippen LogP contribution in [0.3, 0.4) is 0 Å². The smallest absolute Gasteiger partial charge is 0.311 e. The van der Waals surface area contributed by atoms with Crippen molar-refractivity contribution in [3.8, 4) is 17.2 Å². The highest BCUT2D eigenvalue weighted by atomic mass is 16.6. The molecular formula is C25H33NO4. The van der Waals surface area contributed by atoms with Crippen molar-refractivity contribution in [1.29, 1.82) is 0 Å². The Balaban J connectivity index is 0.00000129. The van der Waals surface area contributed by atoms with Gasteiger partial charge in [0.15, 0.2) is 0 Å². The van der Waals surface area contributed by atoms with Crippen LogP contribution in [0.15, 0.2) is 78.9 Å². The fourth-order valence-corrected chi connectivity index (χ4v) is 2.17. The van der Waals surface area contributed by atoms with Crippen molar-refractivity contribution in [2.75, 3.05) is 0 Å². The fraction of sp³-hybridized carbons (Fsp3) is 0.280. The number of hydrogen-bond acceptors (Lipinski definition) is 4. The van der Waals surface area contributed by atoms with Gasteiger partial charge in [0.1, 0.15) is 18.1 Å². The number of hydrogen-bond donors (Lipinski definition) is 0. The van der Waals surface area contributed by atoms with Gasteiger partial charge < -0.3 is 9.47 Å². The van der Waals surface area contributed by atoms with Crippen molar-refractivity contribution in [2.24, 2.45) is 0 Å². The van der Waals surface area contributed by atoms with Crippen LogP contribution in [-0.4, -0.2) is 4.92 Å². The van der Waals surface area contributed by atoms with Gasteiger partial charge in [0, 0.05) is 6.07 Å². The highest BCUT2D eigenvalue weighted by molar-refractivity contribution is 5.48. The van der Waals surface area contributed by atoms with Gasteiger partial charge in [-0.15, -0.1) is 0 Å². The topological polar surface area (TPSA) is 61.6 Å². The minimum atomic E-state index is -0.466. The van der Waals surface area contributed by atoms with E-state index in [4.69, 9.17) is 9.47 Å². The molecular weight excluding hydrogens is 378 g/mol. The minimum absolute atomic E-state index is 0.0677. The summed E-state index contributed by atoms with van der Waals surface area (Å²) < 4.78 is 11.3. The molecule has 0 unspecified atom stereocenters. The first-order valence-corrected chi connectivity index (χ1v) is 10.4. The summed E-state index contributed by atoms with van der Waals surface area (Å²) in [4.78, 5) is 10.5. The maximum absolute atomic E-state index is 11.0. The van der Waals surface area contributed by atoms with Gasteiger partial charge in [0.05, 0.1) is 4.92 Å². The van der Waals surface area contributed by atoms with E-state index in [1.807, 2.05) is 71.9 Å². The number of para-hydroxylation sites is 2. The van der Waals surface area contributed by atoms with E-state index in [9.17, 15) is 10.1 Å². The Morgan fingerprint density at radius 3 is 1.77 bits per heavy atom. The second kappa shape index (κ2) is 16.6. The molecule has 0 saturated heterocycles. The highest BCUT2D eigenvalue weighted by Crippen LogP contribution is 2.31. The molecule has 0 aliphatic heterocycles. The summed E-state index contributed by atoms with van der Waals surface area (Å²) >= 11 is 0. The van der Waals surface area contributed by atoms with Crippen molar-refractivity contribution >= 4 is 5.69 Å². The molecule has 3 aromatic carbocycles. The van der Waals surface area contributed by atoms with Gasteiger partial charge in [-0.3, -0.25) is 10.1 Å². The molecule has 30 heavy (non-hydrogen) atoms. The van der Waals surface area contributed by atoms with E-state index in [0.717, 1.165) is 5.56 Å². The molecule has 5 heteroatoms. The highest BCUT2D eigenvalue weighted by Gasteiger charge is 2.14. The SMILES string of the molecule is CC.CC.CC.O=[N+]([O-])c1ccccc1Oc1ccc(OCc2ccccc2)cc1. The Kier molecular flexibility index (Phi) is 14.8. The van der Waals surface area contributed by atoms with Gasteiger partial charge in [-0.1, -0.05) is 84.0 Å². The lowest BCUT2D eigenvalue weighted by Crippen LogP contribution is -1.95. The van der Waals surface area contributed by atoms with E-state index >= 15 is 0 Å². The molecule has 0 heterocycles. The zero-order chi connectivity index (χ0) is 22.8. The van der Waals surface area contributed by atoms with E-state index in [0.29, 0.717) is 18.1 Å². The molecule has 0 atom stereocenters. The van der Waals surface area contributed by atoms with Crippen LogP contribution in [-0.2, 0) is 6.61 Å². The number of nitro benzene ring substituents is 1. The van der Waals surface area contributed by atoms with Gasteiger partial charge in [0.2, 0.25) is 5.75 Å². The van der Waals surface area contributed by atoms with Crippen LogP contribution in [0.1, 0.15) is 47.1 Å². The third-order valence-electron chi connectivity index (χ3n) is 3.36. The first kappa shape index (κ1) is 26.7. The number of nitrogens with zero attached hydrogens (tertiary/aromatic N) is 1. The van der Waals surface area contributed by atoms with Gasteiger partial charge in [-0.2, -0.15) is 0 Å². The fourth-order valence-electron chi connectivity index (χ4n) is 2.17. The Morgan fingerprint density at radius 2 is 1.20 bits per heavy atom. The van der Waals surface area contributed by atoms with Crippen molar-refractivity contribution < 1.29 is 14.4 Å². The molecule has 0 saturated carbocycles. The third kappa shape index (κ3) is 9.24. The summed E-state index contributed by atoms with van der Waals surface area (Å²) in [6, 6.07) is 23.1. The lowest BCUT2D eigenvalue weighted by Gasteiger charge is -2.09. The molecule has 0 radical (unpaired) electrons. The normalized spacial score (nSPS) is 8.73. The van der Waals surface area contributed by atoms with Crippen molar-refractivity contribution in [3.63, 3.8) is 0 Å². The van der Waals surface area contributed by atoms with Gasteiger partial charge in [0.25, 0.3) is 0 Å². The van der Waals surface area contributed by atoms with E-state index in [2.05, 4.69) is 0 Å². The Bertz CT molecular complexity index is 818. The molecule has 0 spiro atoms. The summed E-state index contributed by atoms with van der Waals surface area (Å²) in [5, 5.41) is 11.0. The van der Waals surface area contributed by atoms with Crippen LogP contribution in [0.4, 0.5) is 5.69 Å². The van der Waals surface area contributed by atoms with E-state index in [1.165, 1.54) is 6.07 Å². The average Bonchev–Trinajstić information content (AvgIpc) is 2.83. The first-order valence-electron chi connectivity index (χ1n) is 10.4. The molecule has 0 N–H and O–H groups in total. The quantitative estimate of drug-likeness (QED) is 0.304. The molecule has 162 valence electrons. The summed E-state index contributed by atoms with van der Waals surface area (Å²) in [5.41, 5.74) is 1.01. The molecule has 0 fully saturated rings. The number of benzene rings is 3. The Labute approximate surface area is 180 Å². The first-order chi connectivity index (χ1) is 14.7. The Morgan fingerprint density at radius 1 is 0.700 bits per heavy atom. The molecule has 0 amide bonds. The summed E-state index contributed by atoms with van der Waals surface area (Å²) in [7, 11) is 0. The van der Waals surface area contributed by atoms with Gasteiger partial charge in [-0.25, -0.2) is 0 Å². The van der Waals surface area contributed by atoms with Gasteiger partial charge in [-0.05, 0) is 35.9 Å². The molecule has 0 bridgehead atoms. The van der Waals surface area contributed by atoms with Gasteiger partial charge >= 0.3 is 5.69 Å². The maximum atomic E-state index is 11.0. The van der Waals surface area contributed by atoms with E-state index in [-0.39, 0.29) is 11.4 Å². The van der Waals surface area contributed by atoms with Crippen molar-refractivity contribution in [1.82, 2.24) is 0 Å². The summed E-state index contributed by atoms with van der Waals surface area (Å²) in [6.45, 7) is 12.5. The standard InChI is InChI=1S/C19H15NO4.3C2H6/c21-20(22)18-8-4-5-9-19(18)24-17-12-10-16(11-13-17)23-14-15-6-2-1-3-7-15;3*1-2/h1-13H,14H2;3*1-2H3. The molecule has 3 rings (SSSR count). The van der Waals surface area contributed by atoms with E-state index in [1.54, 1.807) is 42.5 Å². The predicted octanol–water partition coefficient (Wildman–Crippen LogP) is 8.04. The number of rotatable bonds is 6. The zero-order valence-electron chi connectivity index (χ0n) is 18.8. The van der Waals surface area contributed by atoms with Crippen LogP contribution in [0.25, 0.3) is 0 Å². The second-order valence-electron chi connectivity index (χ2n) is 5.07. The second-order valence-corrected chi connectivity index (χ2v) is 5.07. The average molecular weight is 412 g/mol. The molecule has 3 aromatic rings. The van der Waals surface area contributed by atoms with E-state index < -0.39 is 4.92 Å². The lowest BCUT2D eigenvalue weighted by atomic mass is 10.2. The minimum Gasteiger partial charge on any atom is -0.489 e. The van der Waals surface area contributed by atoms with Crippen LogP contribution >= 0.6 is 0 Å². The van der Waals surface area contributed by atoms with Crippen LogP contribution in [0.5, 0.6) is 17.2 Å². The predicted molar refractivity (Wildman–Crippen MR) is 124 cm³/mol. The number of ether oxygens (including phenoxy) is 2. The number of nitro groups is 1. The maximum Gasteiger partial charge on any atom is 0.311 e. The molecule has 0 aliphatic rings. The monoisotopic (exact) mass is 411 g/mol. The van der Waals surface area contributed by atoms with Crippen molar-refractivity contribution in [2.45, 2.75) is 48.1 Å².